The number of unbranched alkanes of at least 4 members (excludes halogenated alkanes) is 37. The summed E-state index contributed by atoms with van der Waals surface area (Å²) in [5.74, 6) is -0.883. The van der Waals surface area contributed by atoms with Crippen molar-refractivity contribution >= 4 is 17.9 Å². The molecular weight excluding hydrogens is 937 g/mol. The summed E-state index contributed by atoms with van der Waals surface area (Å²) < 4.78 is 16.9. The molecule has 0 aliphatic rings. The second-order valence-corrected chi connectivity index (χ2v) is 22.0. The van der Waals surface area contributed by atoms with Gasteiger partial charge in [0.2, 0.25) is 0 Å². The van der Waals surface area contributed by atoms with Crippen LogP contribution in [0.3, 0.4) is 0 Å². The van der Waals surface area contributed by atoms with E-state index in [-0.39, 0.29) is 31.1 Å². The lowest BCUT2D eigenvalue weighted by Crippen LogP contribution is -2.30. The molecule has 0 aliphatic heterocycles. The molecule has 0 amide bonds. The zero-order chi connectivity index (χ0) is 55.0. The van der Waals surface area contributed by atoms with E-state index in [1.165, 1.54) is 186 Å². The lowest BCUT2D eigenvalue weighted by molar-refractivity contribution is -0.167. The van der Waals surface area contributed by atoms with E-state index in [1.54, 1.807) is 0 Å². The second kappa shape index (κ2) is 64.4. The quantitative estimate of drug-likeness (QED) is 0.0261. The Balaban J connectivity index is 4.08. The molecule has 0 spiro atoms. The third kappa shape index (κ3) is 61.7. The maximum Gasteiger partial charge on any atom is 0.306 e. The van der Waals surface area contributed by atoms with Crippen molar-refractivity contribution in [1.29, 1.82) is 0 Å². The van der Waals surface area contributed by atoms with Gasteiger partial charge >= 0.3 is 17.9 Å². The van der Waals surface area contributed by atoms with Crippen molar-refractivity contribution in [1.82, 2.24) is 0 Å². The lowest BCUT2D eigenvalue weighted by atomic mass is 10.0. The molecule has 0 fully saturated rings. The summed E-state index contributed by atoms with van der Waals surface area (Å²) in [4.78, 5) is 38.2. The molecule has 1 unspecified atom stereocenters. The van der Waals surface area contributed by atoms with Crippen molar-refractivity contribution in [3.8, 4) is 0 Å². The van der Waals surface area contributed by atoms with Crippen LogP contribution in [-0.4, -0.2) is 37.2 Å². The fraction of sp³-hybridized carbons (Fsp3) is 0.786. The van der Waals surface area contributed by atoms with Gasteiger partial charge < -0.3 is 14.2 Å². The van der Waals surface area contributed by atoms with E-state index in [9.17, 15) is 14.4 Å². The van der Waals surface area contributed by atoms with Crippen LogP contribution in [0.4, 0.5) is 0 Å². The van der Waals surface area contributed by atoms with Gasteiger partial charge in [0.15, 0.2) is 6.10 Å². The fourth-order valence-corrected chi connectivity index (χ4v) is 9.53. The van der Waals surface area contributed by atoms with Gasteiger partial charge in [-0.2, -0.15) is 0 Å². The molecule has 0 radical (unpaired) electrons. The molecule has 0 N–H and O–H groups in total. The van der Waals surface area contributed by atoms with Gasteiger partial charge in [0.05, 0.1) is 0 Å². The Labute approximate surface area is 472 Å². The standard InChI is InChI=1S/C70H124O6/c1-4-7-10-13-16-19-22-24-26-27-28-29-30-31-32-33-34-35-36-37-38-39-40-41-42-43-45-46-48-51-54-57-60-63-69(72)75-66-67(65-74-68(71)62-59-56-53-50-21-18-15-12-9-6-3)76-70(73)64-61-58-55-52-49-47-44-25-23-20-17-14-11-8-5-2/h8,11,17,20,22,24-25,27-28,30-31,44,67H,4-7,9-10,12-16,18-19,21,23,26,29,32-43,45-66H2,1-3H3/b11-8-,20-17-,24-22-,28-27-,31-30-,44-25-. The topological polar surface area (TPSA) is 78.9 Å². The first-order valence-corrected chi connectivity index (χ1v) is 32.9. The highest BCUT2D eigenvalue weighted by Crippen LogP contribution is 2.17. The van der Waals surface area contributed by atoms with Crippen LogP contribution in [-0.2, 0) is 28.6 Å². The molecule has 0 rings (SSSR count). The minimum Gasteiger partial charge on any atom is -0.462 e. The molecule has 0 saturated heterocycles. The van der Waals surface area contributed by atoms with Crippen molar-refractivity contribution < 1.29 is 28.6 Å². The Hall–Kier alpha value is -3.15. The molecule has 0 aromatic carbocycles. The van der Waals surface area contributed by atoms with Crippen molar-refractivity contribution in [3.63, 3.8) is 0 Å². The molecule has 6 nitrogen and oxygen atoms in total. The van der Waals surface area contributed by atoms with Crippen LogP contribution in [0.15, 0.2) is 72.9 Å². The maximum absolute atomic E-state index is 12.8. The predicted octanol–water partition coefficient (Wildman–Crippen LogP) is 22.5. The third-order valence-electron chi connectivity index (χ3n) is 14.4. The number of hydrogen-bond donors (Lipinski definition) is 0. The van der Waals surface area contributed by atoms with Gasteiger partial charge in [-0.1, -0.05) is 299 Å². The first-order valence-electron chi connectivity index (χ1n) is 32.9. The summed E-state index contributed by atoms with van der Waals surface area (Å²) in [6, 6.07) is 0. The van der Waals surface area contributed by atoms with E-state index in [0.717, 1.165) is 109 Å². The zero-order valence-electron chi connectivity index (χ0n) is 50.5. The smallest absolute Gasteiger partial charge is 0.306 e. The van der Waals surface area contributed by atoms with Crippen molar-refractivity contribution in [2.45, 2.75) is 341 Å². The summed E-state index contributed by atoms with van der Waals surface area (Å²) in [5.41, 5.74) is 0. The number of rotatable bonds is 60. The average Bonchev–Trinajstić information content (AvgIpc) is 3.42. The number of hydrogen-bond acceptors (Lipinski definition) is 6. The monoisotopic (exact) mass is 1060 g/mol. The summed E-state index contributed by atoms with van der Waals surface area (Å²) in [6.45, 7) is 6.52. The van der Waals surface area contributed by atoms with Gasteiger partial charge in [-0.05, 0) is 89.9 Å². The molecule has 0 aliphatic carbocycles. The molecule has 0 saturated carbocycles. The molecule has 0 heterocycles. The SMILES string of the molecule is CC/C=C\C/C=C\C/C=C\CCCCCCCC(=O)OC(COC(=O)CCCCCCCCCCCC)COC(=O)CCCCCCCCCCCCCCCCCCCC/C=C\C/C=C\C/C=C\CCCCCCC. The van der Waals surface area contributed by atoms with Crippen LogP contribution in [0.1, 0.15) is 335 Å². The number of esters is 3. The van der Waals surface area contributed by atoms with Gasteiger partial charge in [-0.25, -0.2) is 0 Å². The molecule has 0 aromatic heterocycles. The van der Waals surface area contributed by atoms with E-state index < -0.39 is 6.10 Å². The Bertz CT molecular complexity index is 1400. The van der Waals surface area contributed by atoms with Gasteiger partial charge in [0.25, 0.3) is 0 Å². The van der Waals surface area contributed by atoms with Gasteiger partial charge in [0, 0.05) is 19.3 Å². The fourth-order valence-electron chi connectivity index (χ4n) is 9.53. The number of carbonyl (C=O) groups is 3. The van der Waals surface area contributed by atoms with Crippen molar-refractivity contribution in [2.24, 2.45) is 0 Å². The second-order valence-electron chi connectivity index (χ2n) is 22.0. The number of carbonyl (C=O) groups excluding carboxylic acids is 3. The van der Waals surface area contributed by atoms with Crippen LogP contribution >= 0.6 is 0 Å². The molecular formula is C70H124O6. The highest BCUT2D eigenvalue weighted by molar-refractivity contribution is 5.71. The number of ether oxygens (including phenoxy) is 3. The molecule has 6 heteroatoms. The minimum absolute atomic E-state index is 0.0784. The predicted molar refractivity (Wildman–Crippen MR) is 330 cm³/mol. The molecule has 0 aromatic rings. The Morgan fingerprint density at radius 2 is 0.513 bits per heavy atom. The summed E-state index contributed by atoms with van der Waals surface area (Å²) in [5, 5.41) is 0. The lowest BCUT2D eigenvalue weighted by Gasteiger charge is -2.18. The Morgan fingerprint density at radius 3 is 0.803 bits per heavy atom. The first-order chi connectivity index (χ1) is 37.5. The largest absolute Gasteiger partial charge is 0.462 e. The highest BCUT2D eigenvalue weighted by atomic mass is 16.6. The maximum atomic E-state index is 12.8. The number of allylic oxidation sites excluding steroid dienone is 12. The normalized spacial score (nSPS) is 12.5. The Morgan fingerprint density at radius 1 is 0.276 bits per heavy atom. The summed E-state index contributed by atoms with van der Waals surface area (Å²) in [7, 11) is 0. The molecule has 1 atom stereocenters. The van der Waals surface area contributed by atoms with Crippen molar-refractivity contribution in [3.05, 3.63) is 72.9 Å². The van der Waals surface area contributed by atoms with Crippen LogP contribution in [0, 0.1) is 0 Å². The van der Waals surface area contributed by atoms with Crippen LogP contribution in [0.5, 0.6) is 0 Å². The molecule has 76 heavy (non-hydrogen) atoms. The van der Waals surface area contributed by atoms with E-state index in [2.05, 4.69) is 93.7 Å². The Kier molecular flexibility index (Phi) is 61.7. The third-order valence-corrected chi connectivity index (χ3v) is 14.4. The highest BCUT2D eigenvalue weighted by Gasteiger charge is 2.19. The van der Waals surface area contributed by atoms with Crippen LogP contribution in [0.2, 0.25) is 0 Å². The summed E-state index contributed by atoms with van der Waals surface area (Å²) in [6.07, 6.45) is 83.7. The average molecular weight is 1060 g/mol. The van der Waals surface area contributed by atoms with Gasteiger partial charge in [-0.3, -0.25) is 14.4 Å². The zero-order valence-corrected chi connectivity index (χ0v) is 50.5. The van der Waals surface area contributed by atoms with Crippen LogP contribution in [0.25, 0.3) is 0 Å². The summed E-state index contributed by atoms with van der Waals surface area (Å²) >= 11 is 0. The first kappa shape index (κ1) is 72.8. The van der Waals surface area contributed by atoms with E-state index in [4.69, 9.17) is 14.2 Å². The van der Waals surface area contributed by atoms with E-state index in [1.807, 2.05) is 0 Å². The van der Waals surface area contributed by atoms with Crippen LogP contribution < -0.4 is 0 Å². The molecule has 0 bridgehead atoms. The van der Waals surface area contributed by atoms with Gasteiger partial charge in [-0.15, -0.1) is 0 Å². The molecule has 440 valence electrons. The minimum atomic E-state index is -0.781. The van der Waals surface area contributed by atoms with E-state index in [0.29, 0.717) is 19.3 Å². The van der Waals surface area contributed by atoms with E-state index >= 15 is 0 Å². The van der Waals surface area contributed by atoms with Gasteiger partial charge in [0.1, 0.15) is 13.2 Å². The van der Waals surface area contributed by atoms with Crippen molar-refractivity contribution in [2.75, 3.05) is 13.2 Å².